The Balaban J connectivity index is -0.0000000592. The Bertz CT molecular complexity index is 454. The maximum atomic E-state index is 10.9. The Labute approximate surface area is 211 Å². The highest BCUT2D eigenvalue weighted by molar-refractivity contribution is 5.69. The van der Waals surface area contributed by atoms with E-state index in [1.54, 1.807) is 0 Å². The fraction of sp³-hybridized carbons (Fsp3) is 0.682. The molecule has 0 amide bonds. The van der Waals surface area contributed by atoms with Crippen LogP contribution in [0.3, 0.4) is 0 Å². The Kier molecular flexibility index (Phi) is 61.6. The maximum absolute atomic E-state index is 10.9. The molecule has 0 rings (SSSR count). The maximum Gasteiger partial charge on any atom is 0.305 e. The van der Waals surface area contributed by atoms with Gasteiger partial charge in [-0.25, -0.2) is 0 Å². The van der Waals surface area contributed by atoms with E-state index in [2.05, 4.69) is 6.92 Å². The van der Waals surface area contributed by atoms with Crippen molar-refractivity contribution >= 4 is 41.8 Å². The summed E-state index contributed by atoms with van der Waals surface area (Å²) in [6, 6.07) is 0. The molecule has 0 unspecified atom stereocenters. The molecule has 0 saturated carbocycles. The molecule has 14 nitrogen and oxygen atoms in total. The van der Waals surface area contributed by atoms with Gasteiger partial charge in [0.05, 0.1) is 6.61 Å². The molecule has 216 valence electrons. The van der Waals surface area contributed by atoms with E-state index in [0.29, 0.717) is 13.0 Å². The first kappa shape index (κ1) is 49.4. The summed E-state index contributed by atoms with van der Waals surface area (Å²) in [5.74, 6) is -5.05. The van der Waals surface area contributed by atoms with Crippen molar-refractivity contribution in [2.24, 2.45) is 0 Å². The predicted molar refractivity (Wildman–Crippen MR) is 130 cm³/mol. The minimum absolute atomic E-state index is 0.0472. The van der Waals surface area contributed by atoms with Gasteiger partial charge in [0.15, 0.2) is 0 Å². The average Bonchev–Trinajstić information content (AvgIpc) is 2.59. The summed E-state index contributed by atoms with van der Waals surface area (Å²) in [6.45, 7) is 11.0. The third-order valence-corrected chi connectivity index (χ3v) is 1.79. The lowest BCUT2D eigenvalue weighted by Gasteiger charge is -2.00. The fourth-order valence-electron chi connectivity index (χ4n) is 1.11. The molecule has 0 atom stereocenters. The summed E-state index contributed by atoms with van der Waals surface area (Å²) in [5.41, 5.74) is 0. The van der Waals surface area contributed by atoms with Crippen LogP contribution in [0.2, 0.25) is 0 Å². The van der Waals surface area contributed by atoms with Gasteiger partial charge in [-0.15, -0.1) is 0 Å². The van der Waals surface area contributed by atoms with Gasteiger partial charge in [0.25, 0.3) is 35.8 Å². The molecule has 0 heterocycles. The number of carboxylic acid groups (broad SMARTS) is 6. The lowest BCUT2D eigenvalue weighted by atomic mass is 10.1. The molecule has 0 aliphatic rings. The number of ether oxygens (including phenoxy) is 1. The second kappa shape index (κ2) is 44.9. The largest absolute Gasteiger partial charge is 0.481 e. The Morgan fingerprint density at radius 3 is 0.889 bits per heavy atom. The number of carboxylic acids is 6. The van der Waals surface area contributed by atoms with Crippen molar-refractivity contribution in [3.05, 3.63) is 0 Å². The molecular formula is C22H44O14. The van der Waals surface area contributed by atoms with Crippen LogP contribution in [-0.2, 0) is 38.3 Å². The van der Waals surface area contributed by atoms with Crippen molar-refractivity contribution in [3.63, 3.8) is 0 Å². The highest BCUT2D eigenvalue weighted by Crippen LogP contribution is 2.05. The normalized spacial score (nSPS) is 7.44. The van der Waals surface area contributed by atoms with E-state index in [0.717, 1.165) is 54.4 Å². The molecule has 0 saturated heterocycles. The smallest absolute Gasteiger partial charge is 0.305 e. The van der Waals surface area contributed by atoms with Gasteiger partial charge in [-0.05, 0) is 13.3 Å². The summed E-state index contributed by atoms with van der Waals surface area (Å²) < 4.78 is 4.81. The molecule has 0 aliphatic heterocycles. The zero-order valence-electron chi connectivity index (χ0n) is 22.4. The van der Waals surface area contributed by atoms with E-state index in [1.807, 2.05) is 6.92 Å². The number of unbranched alkanes of at least 4 members (excludes halogenated alkanes) is 4. The van der Waals surface area contributed by atoms with E-state index in [1.165, 1.54) is 19.3 Å². The zero-order valence-corrected chi connectivity index (χ0v) is 22.4. The quantitative estimate of drug-likeness (QED) is 0.203. The Morgan fingerprint density at radius 1 is 0.472 bits per heavy atom. The SMILES string of the molecule is CC(=O)O.CC(=O)O.CC(=O)O.CC(=O)O.CC(=O)O.CC(=O)O.CCCCCCCC(=O)OCC. The molecule has 0 aromatic rings. The van der Waals surface area contributed by atoms with Gasteiger partial charge in [0, 0.05) is 48.0 Å². The van der Waals surface area contributed by atoms with Gasteiger partial charge in [0.2, 0.25) is 0 Å². The molecular weight excluding hydrogens is 488 g/mol. The van der Waals surface area contributed by atoms with Crippen LogP contribution in [0.4, 0.5) is 0 Å². The van der Waals surface area contributed by atoms with E-state index in [-0.39, 0.29) is 5.97 Å². The van der Waals surface area contributed by atoms with Crippen LogP contribution in [0.1, 0.15) is 93.9 Å². The molecule has 0 radical (unpaired) electrons. The van der Waals surface area contributed by atoms with E-state index in [4.69, 9.17) is 64.1 Å². The van der Waals surface area contributed by atoms with E-state index >= 15 is 0 Å². The summed E-state index contributed by atoms with van der Waals surface area (Å²) in [6.07, 6.45) is 6.52. The highest BCUT2D eigenvalue weighted by Gasteiger charge is 1.99. The van der Waals surface area contributed by atoms with Crippen LogP contribution in [0.15, 0.2) is 0 Å². The van der Waals surface area contributed by atoms with Gasteiger partial charge in [-0.1, -0.05) is 32.6 Å². The number of aliphatic carboxylic acids is 6. The molecule has 0 aromatic heterocycles. The molecule has 0 aliphatic carbocycles. The second-order valence-electron chi connectivity index (χ2n) is 6.08. The van der Waals surface area contributed by atoms with Crippen molar-refractivity contribution in [1.29, 1.82) is 0 Å². The fourth-order valence-corrected chi connectivity index (χ4v) is 1.11. The Morgan fingerprint density at radius 2 is 0.694 bits per heavy atom. The molecule has 0 bridgehead atoms. The van der Waals surface area contributed by atoms with Gasteiger partial charge in [-0.2, -0.15) is 0 Å². The van der Waals surface area contributed by atoms with Crippen LogP contribution in [0.5, 0.6) is 0 Å². The summed E-state index contributed by atoms with van der Waals surface area (Å²) in [7, 11) is 0. The van der Waals surface area contributed by atoms with E-state index in [9.17, 15) is 4.79 Å². The van der Waals surface area contributed by atoms with Crippen molar-refractivity contribution < 1.29 is 68.9 Å². The third-order valence-electron chi connectivity index (χ3n) is 1.79. The minimum Gasteiger partial charge on any atom is -0.481 e. The number of hydrogen-bond acceptors (Lipinski definition) is 8. The number of hydrogen-bond donors (Lipinski definition) is 6. The van der Waals surface area contributed by atoms with Crippen molar-refractivity contribution in [2.75, 3.05) is 6.61 Å². The zero-order chi connectivity index (χ0) is 30.7. The molecule has 36 heavy (non-hydrogen) atoms. The van der Waals surface area contributed by atoms with Crippen LogP contribution < -0.4 is 0 Å². The number of carbonyl (C=O) groups is 7. The number of carbonyl (C=O) groups excluding carboxylic acids is 1. The first-order valence-corrected chi connectivity index (χ1v) is 10.5. The monoisotopic (exact) mass is 532 g/mol. The second-order valence-corrected chi connectivity index (χ2v) is 6.08. The average molecular weight is 533 g/mol. The van der Waals surface area contributed by atoms with Crippen molar-refractivity contribution in [3.8, 4) is 0 Å². The first-order valence-electron chi connectivity index (χ1n) is 10.5. The van der Waals surface area contributed by atoms with Crippen molar-refractivity contribution in [1.82, 2.24) is 0 Å². The predicted octanol–water partition coefficient (Wildman–Crippen LogP) is 3.46. The van der Waals surface area contributed by atoms with Crippen LogP contribution in [0.25, 0.3) is 0 Å². The lowest BCUT2D eigenvalue weighted by Crippen LogP contribution is -2.02. The lowest BCUT2D eigenvalue weighted by molar-refractivity contribution is -0.143. The minimum atomic E-state index is -0.833. The Hall–Kier alpha value is -3.71. The third kappa shape index (κ3) is 657. The molecule has 0 aromatic carbocycles. The summed E-state index contributed by atoms with van der Waals surface area (Å²) >= 11 is 0. The molecule has 0 spiro atoms. The first-order chi connectivity index (χ1) is 16.2. The highest BCUT2D eigenvalue weighted by atomic mass is 16.5. The standard InChI is InChI=1S/C10H20O2.6C2H4O2/c1-3-5-6-7-8-9-10(11)12-4-2;6*1-2(3)4/h3-9H2,1-2H3;6*1H3,(H,3,4). The van der Waals surface area contributed by atoms with Crippen LogP contribution in [0, 0.1) is 0 Å². The van der Waals surface area contributed by atoms with Crippen LogP contribution in [-0.4, -0.2) is 79.0 Å². The van der Waals surface area contributed by atoms with Crippen LogP contribution >= 0.6 is 0 Å². The number of esters is 1. The summed E-state index contributed by atoms with van der Waals surface area (Å²) in [5, 5.41) is 44.5. The topological polar surface area (TPSA) is 250 Å². The molecule has 14 heteroatoms. The van der Waals surface area contributed by atoms with E-state index < -0.39 is 35.8 Å². The number of rotatable bonds is 7. The summed E-state index contributed by atoms with van der Waals surface area (Å²) in [4.78, 5) is 64.9. The van der Waals surface area contributed by atoms with Gasteiger partial charge >= 0.3 is 5.97 Å². The molecule has 0 fully saturated rings. The molecule has 6 N–H and O–H groups in total. The van der Waals surface area contributed by atoms with Gasteiger partial charge in [-0.3, -0.25) is 33.6 Å². The van der Waals surface area contributed by atoms with Gasteiger partial charge < -0.3 is 35.4 Å². The van der Waals surface area contributed by atoms with Gasteiger partial charge in [0.1, 0.15) is 0 Å². The van der Waals surface area contributed by atoms with Crippen molar-refractivity contribution in [2.45, 2.75) is 93.9 Å².